The van der Waals surface area contributed by atoms with Crippen LogP contribution in [0.2, 0.25) is 0 Å². The van der Waals surface area contributed by atoms with Gasteiger partial charge in [0, 0.05) is 13.1 Å². The molecule has 0 saturated carbocycles. The molecule has 0 aromatic carbocycles. The molecule has 0 aromatic rings. The van der Waals surface area contributed by atoms with Gasteiger partial charge in [-0.15, -0.1) is 0 Å². The van der Waals surface area contributed by atoms with E-state index >= 15 is 0 Å². The van der Waals surface area contributed by atoms with Crippen LogP contribution < -0.4 is 0 Å². The maximum atomic E-state index is 10.8. The van der Waals surface area contributed by atoms with Crippen molar-refractivity contribution in [1.82, 2.24) is 9.80 Å². The first kappa shape index (κ1) is 22.7. The van der Waals surface area contributed by atoms with Crippen LogP contribution in [0.25, 0.3) is 0 Å². The standard InChI is InChI=1S/C13H30N2O6S2/c1-14(10-6-12-20-22(3,16)17)8-5-9-15(2)11-7-13-21-23(4,18)19/h5-13H2,1-4H3. The number of rotatable bonds is 14. The van der Waals surface area contributed by atoms with E-state index in [4.69, 9.17) is 0 Å². The van der Waals surface area contributed by atoms with Crippen molar-refractivity contribution in [2.45, 2.75) is 19.3 Å². The molecule has 0 N–H and O–H groups in total. The summed E-state index contributed by atoms with van der Waals surface area (Å²) in [5, 5.41) is 0. The Kier molecular flexibility index (Phi) is 11.2. The van der Waals surface area contributed by atoms with Gasteiger partial charge >= 0.3 is 0 Å². The Morgan fingerprint density at radius 2 is 0.957 bits per heavy atom. The summed E-state index contributed by atoms with van der Waals surface area (Å²) in [4.78, 5) is 4.26. The maximum Gasteiger partial charge on any atom is 0.264 e. The highest BCUT2D eigenvalue weighted by molar-refractivity contribution is 7.86. The third kappa shape index (κ3) is 17.9. The van der Waals surface area contributed by atoms with Gasteiger partial charge in [-0.1, -0.05) is 0 Å². The zero-order valence-electron chi connectivity index (χ0n) is 14.5. The van der Waals surface area contributed by atoms with E-state index in [2.05, 4.69) is 18.2 Å². The van der Waals surface area contributed by atoms with Crippen molar-refractivity contribution in [3.63, 3.8) is 0 Å². The first-order valence-electron chi connectivity index (χ1n) is 7.55. The van der Waals surface area contributed by atoms with Crippen LogP contribution in [0.4, 0.5) is 0 Å². The van der Waals surface area contributed by atoms with Gasteiger partial charge < -0.3 is 9.80 Å². The Morgan fingerprint density at radius 1 is 0.652 bits per heavy atom. The Labute approximate surface area is 141 Å². The fourth-order valence-electron chi connectivity index (χ4n) is 1.92. The highest BCUT2D eigenvalue weighted by atomic mass is 32.2. The lowest BCUT2D eigenvalue weighted by atomic mass is 10.3. The number of hydrogen-bond acceptors (Lipinski definition) is 8. The van der Waals surface area contributed by atoms with E-state index in [1.807, 2.05) is 14.1 Å². The van der Waals surface area contributed by atoms with Crippen molar-refractivity contribution in [1.29, 1.82) is 0 Å². The Balaban J connectivity index is 3.57. The quantitative estimate of drug-likeness (QED) is 0.309. The smallest absolute Gasteiger partial charge is 0.264 e. The van der Waals surface area contributed by atoms with Crippen LogP contribution in [0.3, 0.4) is 0 Å². The summed E-state index contributed by atoms with van der Waals surface area (Å²) in [5.41, 5.74) is 0. The predicted molar refractivity (Wildman–Crippen MR) is 90.4 cm³/mol. The van der Waals surface area contributed by atoms with Gasteiger partial charge in [0.15, 0.2) is 0 Å². The van der Waals surface area contributed by atoms with Gasteiger partial charge in [-0.3, -0.25) is 8.37 Å². The minimum absolute atomic E-state index is 0.212. The molecule has 0 atom stereocenters. The average Bonchev–Trinajstić information content (AvgIpc) is 2.38. The summed E-state index contributed by atoms with van der Waals surface area (Å²) >= 11 is 0. The first-order valence-corrected chi connectivity index (χ1v) is 11.2. The third-order valence-corrected chi connectivity index (χ3v) is 4.23. The first-order chi connectivity index (χ1) is 10.5. The summed E-state index contributed by atoms with van der Waals surface area (Å²) in [7, 11) is -2.71. The molecule has 0 fully saturated rings. The van der Waals surface area contributed by atoms with Gasteiger partial charge in [-0.25, -0.2) is 0 Å². The molecule has 0 spiro atoms. The predicted octanol–water partition coefficient (Wildman–Crippen LogP) is -0.0273. The van der Waals surface area contributed by atoms with Crippen LogP contribution in [-0.2, 0) is 28.6 Å². The fourth-order valence-corrected chi connectivity index (χ4v) is 2.76. The molecule has 8 nitrogen and oxygen atoms in total. The molecule has 0 bridgehead atoms. The van der Waals surface area contributed by atoms with Gasteiger partial charge in [0.2, 0.25) is 0 Å². The summed E-state index contributed by atoms with van der Waals surface area (Å²) in [5.74, 6) is 0. The summed E-state index contributed by atoms with van der Waals surface area (Å²) in [6.07, 6.45) is 4.42. The molecule has 0 unspecified atom stereocenters. The van der Waals surface area contributed by atoms with Crippen molar-refractivity contribution in [3.8, 4) is 0 Å². The molecule has 140 valence electrons. The lowest BCUT2D eigenvalue weighted by molar-refractivity contribution is 0.239. The van der Waals surface area contributed by atoms with E-state index in [1.54, 1.807) is 0 Å². The lowest BCUT2D eigenvalue weighted by Gasteiger charge is -2.20. The van der Waals surface area contributed by atoms with Crippen LogP contribution in [0.1, 0.15) is 19.3 Å². The molecule has 0 rings (SSSR count). The van der Waals surface area contributed by atoms with Crippen molar-refractivity contribution >= 4 is 20.2 Å². The SMILES string of the molecule is CN(CCCOS(C)(=O)=O)CCCN(C)CCCOS(C)(=O)=O. The molecule has 0 saturated heterocycles. The molecule has 0 aliphatic carbocycles. The van der Waals surface area contributed by atoms with Gasteiger partial charge in [-0.05, 0) is 46.4 Å². The van der Waals surface area contributed by atoms with Crippen molar-refractivity contribution in [2.75, 3.05) is 66.0 Å². The van der Waals surface area contributed by atoms with E-state index < -0.39 is 20.2 Å². The van der Waals surface area contributed by atoms with Crippen LogP contribution >= 0.6 is 0 Å². The minimum atomic E-state index is -3.34. The molecule has 23 heavy (non-hydrogen) atoms. The molecule has 0 heterocycles. The molecular weight excluding hydrogens is 344 g/mol. The summed E-state index contributed by atoms with van der Waals surface area (Å²) in [6, 6.07) is 0. The second-order valence-corrected chi connectivity index (χ2v) is 9.01. The van der Waals surface area contributed by atoms with Crippen LogP contribution in [-0.4, -0.2) is 92.6 Å². The molecular formula is C13H30N2O6S2. The zero-order valence-corrected chi connectivity index (χ0v) is 16.2. The zero-order chi connectivity index (χ0) is 17.9. The maximum absolute atomic E-state index is 10.8. The average molecular weight is 375 g/mol. The molecule has 0 aliphatic heterocycles. The lowest BCUT2D eigenvalue weighted by Crippen LogP contribution is -2.28. The van der Waals surface area contributed by atoms with Gasteiger partial charge in [0.25, 0.3) is 20.2 Å². The van der Waals surface area contributed by atoms with Crippen molar-refractivity contribution in [2.24, 2.45) is 0 Å². The Bertz CT molecular complexity index is 461. The topological polar surface area (TPSA) is 93.2 Å². The Morgan fingerprint density at radius 3 is 1.26 bits per heavy atom. The monoisotopic (exact) mass is 374 g/mol. The Hall–Kier alpha value is -0.260. The molecule has 10 heteroatoms. The highest BCUT2D eigenvalue weighted by Crippen LogP contribution is 1.97. The van der Waals surface area contributed by atoms with Gasteiger partial charge in [-0.2, -0.15) is 16.8 Å². The molecule has 0 amide bonds. The van der Waals surface area contributed by atoms with Crippen LogP contribution in [0, 0.1) is 0 Å². The molecule has 0 radical (unpaired) electrons. The van der Waals surface area contributed by atoms with Crippen LogP contribution in [0.5, 0.6) is 0 Å². The molecule has 0 aliphatic rings. The van der Waals surface area contributed by atoms with E-state index in [1.165, 1.54) is 0 Å². The normalized spacial score (nSPS) is 13.1. The van der Waals surface area contributed by atoms with E-state index in [0.29, 0.717) is 12.8 Å². The second kappa shape index (κ2) is 11.3. The van der Waals surface area contributed by atoms with E-state index in [0.717, 1.165) is 45.1 Å². The third-order valence-electron chi connectivity index (χ3n) is 3.04. The number of hydrogen-bond donors (Lipinski definition) is 0. The summed E-state index contributed by atoms with van der Waals surface area (Å²) in [6.45, 7) is 3.79. The van der Waals surface area contributed by atoms with E-state index in [9.17, 15) is 16.8 Å². The van der Waals surface area contributed by atoms with Gasteiger partial charge in [0.05, 0.1) is 25.7 Å². The van der Waals surface area contributed by atoms with Gasteiger partial charge in [0.1, 0.15) is 0 Å². The second-order valence-electron chi connectivity index (χ2n) is 5.72. The van der Waals surface area contributed by atoms with Crippen molar-refractivity contribution in [3.05, 3.63) is 0 Å². The minimum Gasteiger partial charge on any atom is -0.306 e. The molecule has 0 aromatic heterocycles. The fraction of sp³-hybridized carbons (Fsp3) is 1.00. The van der Waals surface area contributed by atoms with E-state index in [-0.39, 0.29) is 13.2 Å². The highest BCUT2D eigenvalue weighted by Gasteiger charge is 2.05. The van der Waals surface area contributed by atoms with Crippen LogP contribution in [0.15, 0.2) is 0 Å². The summed E-state index contributed by atoms with van der Waals surface area (Å²) < 4.78 is 52.6. The largest absolute Gasteiger partial charge is 0.306 e. The number of nitrogens with zero attached hydrogens (tertiary/aromatic N) is 2. The van der Waals surface area contributed by atoms with Crippen molar-refractivity contribution < 1.29 is 25.2 Å².